The van der Waals surface area contributed by atoms with Crippen molar-refractivity contribution in [2.75, 3.05) is 13.7 Å². The van der Waals surface area contributed by atoms with Crippen molar-refractivity contribution in [1.82, 2.24) is 0 Å². The summed E-state index contributed by atoms with van der Waals surface area (Å²) in [7, 11) is 1.33. The summed E-state index contributed by atoms with van der Waals surface area (Å²) in [5, 5.41) is 9.14. The SMILES string of the molecule is C=C(C)C(=O)OC.C=CC(=O)OCC.C=CC(=O)[O-].[Na+]. The third kappa shape index (κ3) is 30.0. The van der Waals surface area contributed by atoms with Crippen LogP contribution in [0.4, 0.5) is 0 Å². The summed E-state index contributed by atoms with van der Waals surface area (Å²) >= 11 is 0. The summed E-state index contributed by atoms with van der Waals surface area (Å²) in [6, 6.07) is 0. The van der Waals surface area contributed by atoms with E-state index in [2.05, 4.69) is 29.2 Å². The van der Waals surface area contributed by atoms with Crippen LogP contribution >= 0.6 is 0 Å². The van der Waals surface area contributed by atoms with Crippen LogP contribution < -0.4 is 34.7 Å². The number of carbonyl (C=O) groups is 3. The molecule has 0 fully saturated rings. The van der Waals surface area contributed by atoms with Gasteiger partial charge in [-0.15, -0.1) is 0 Å². The van der Waals surface area contributed by atoms with Gasteiger partial charge in [0.2, 0.25) is 0 Å². The van der Waals surface area contributed by atoms with Gasteiger partial charge in [-0.1, -0.05) is 19.7 Å². The van der Waals surface area contributed by atoms with Gasteiger partial charge in [-0.2, -0.15) is 0 Å². The normalized spacial score (nSPS) is 6.95. The average molecular weight is 294 g/mol. The summed E-state index contributed by atoms with van der Waals surface area (Å²) in [4.78, 5) is 29.4. The Hall–Kier alpha value is -1.37. The largest absolute Gasteiger partial charge is 1.00 e. The molecular formula is C13H19NaO6. The zero-order valence-electron chi connectivity index (χ0n) is 12.4. The number of hydrogen-bond acceptors (Lipinski definition) is 6. The standard InChI is InChI=1S/2C5H8O2.C3H4O2.Na/c1-4(2)5(6)7-3;1-3-5(6)7-4-2;1-2-3(4)5;/h1H2,2-3H3;3H,1,4H2,2H3;2H,1H2,(H,4,5);/q;;;+1/p-1. The number of esters is 2. The maximum atomic E-state index is 10.2. The first-order valence-electron chi connectivity index (χ1n) is 5.13. The third-order valence-electron chi connectivity index (χ3n) is 1.15. The summed E-state index contributed by atoms with van der Waals surface area (Å²) in [5.41, 5.74) is 0.433. The molecule has 7 heteroatoms. The predicted molar refractivity (Wildman–Crippen MR) is 68.9 cm³/mol. The first kappa shape index (κ1) is 27.1. The molecule has 0 N–H and O–H groups in total. The van der Waals surface area contributed by atoms with E-state index in [-0.39, 0.29) is 41.5 Å². The average Bonchev–Trinajstić information content (AvgIpc) is 2.39. The van der Waals surface area contributed by atoms with Gasteiger partial charge in [-0.25, -0.2) is 9.59 Å². The van der Waals surface area contributed by atoms with E-state index in [4.69, 9.17) is 9.90 Å². The molecule has 0 aliphatic heterocycles. The van der Waals surface area contributed by atoms with Crippen molar-refractivity contribution in [2.45, 2.75) is 13.8 Å². The van der Waals surface area contributed by atoms with E-state index in [1.165, 1.54) is 7.11 Å². The van der Waals surface area contributed by atoms with Crippen LogP contribution in [0.3, 0.4) is 0 Å². The number of rotatable bonds is 4. The Morgan fingerprint density at radius 2 is 1.60 bits per heavy atom. The van der Waals surface area contributed by atoms with Crippen LogP contribution in [0.2, 0.25) is 0 Å². The van der Waals surface area contributed by atoms with Crippen LogP contribution in [-0.4, -0.2) is 31.6 Å². The predicted octanol–water partition coefficient (Wildman–Crippen LogP) is -2.60. The van der Waals surface area contributed by atoms with E-state index >= 15 is 0 Å². The van der Waals surface area contributed by atoms with E-state index in [0.29, 0.717) is 12.2 Å². The molecule has 20 heavy (non-hydrogen) atoms. The van der Waals surface area contributed by atoms with Crippen molar-refractivity contribution >= 4 is 17.9 Å². The molecule has 6 nitrogen and oxygen atoms in total. The molecule has 108 valence electrons. The Kier molecular flexibility index (Phi) is 27.0. The maximum absolute atomic E-state index is 10.2. The Bertz CT molecular complexity index is 334. The minimum absolute atomic E-state index is 0. The zero-order chi connectivity index (χ0) is 15.8. The minimum atomic E-state index is -1.23. The van der Waals surface area contributed by atoms with Gasteiger partial charge >= 0.3 is 41.5 Å². The molecule has 0 aromatic rings. The van der Waals surface area contributed by atoms with E-state index in [0.717, 1.165) is 12.2 Å². The number of ether oxygens (including phenoxy) is 2. The molecule has 0 radical (unpaired) electrons. The number of hydrogen-bond donors (Lipinski definition) is 0. The number of carbonyl (C=O) groups excluding carboxylic acids is 3. The van der Waals surface area contributed by atoms with Crippen LogP contribution in [0.15, 0.2) is 37.5 Å². The second-order valence-electron chi connectivity index (χ2n) is 2.75. The molecule has 0 aromatic carbocycles. The van der Waals surface area contributed by atoms with Crippen LogP contribution in [0.5, 0.6) is 0 Å². The third-order valence-corrected chi connectivity index (χ3v) is 1.15. The molecule has 0 spiro atoms. The second-order valence-corrected chi connectivity index (χ2v) is 2.75. The van der Waals surface area contributed by atoms with Crippen LogP contribution in [0.25, 0.3) is 0 Å². The van der Waals surface area contributed by atoms with Gasteiger partial charge in [0.1, 0.15) is 0 Å². The molecule has 0 atom stereocenters. The molecular weight excluding hydrogens is 275 g/mol. The van der Waals surface area contributed by atoms with Gasteiger partial charge in [0.05, 0.1) is 19.7 Å². The second kappa shape index (κ2) is 20.0. The molecule has 0 aliphatic carbocycles. The summed E-state index contributed by atoms with van der Waals surface area (Å²) in [5.74, 6) is -1.94. The monoisotopic (exact) mass is 294 g/mol. The zero-order valence-corrected chi connectivity index (χ0v) is 14.4. The van der Waals surface area contributed by atoms with E-state index < -0.39 is 5.97 Å². The van der Waals surface area contributed by atoms with Crippen LogP contribution in [0, 0.1) is 0 Å². The van der Waals surface area contributed by atoms with Crippen molar-refractivity contribution in [1.29, 1.82) is 0 Å². The van der Waals surface area contributed by atoms with Gasteiger partial charge in [0.15, 0.2) is 0 Å². The van der Waals surface area contributed by atoms with E-state index in [1.807, 2.05) is 0 Å². The van der Waals surface area contributed by atoms with Crippen molar-refractivity contribution in [3.05, 3.63) is 37.5 Å². The molecule has 0 saturated carbocycles. The van der Waals surface area contributed by atoms with Crippen molar-refractivity contribution < 1.29 is 58.5 Å². The molecule has 0 rings (SSSR count). The summed E-state index contributed by atoms with van der Waals surface area (Å²) < 4.78 is 8.71. The van der Waals surface area contributed by atoms with Crippen LogP contribution in [0.1, 0.15) is 13.8 Å². The Labute approximate surface area is 141 Å². The maximum Gasteiger partial charge on any atom is 1.00 e. The van der Waals surface area contributed by atoms with Crippen LogP contribution in [-0.2, 0) is 23.9 Å². The van der Waals surface area contributed by atoms with E-state index in [1.54, 1.807) is 13.8 Å². The molecule has 0 saturated heterocycles. The summed E-state index contributed by atoms with van der Waals surface area (Å²) in [6.45, 7) is 13.2. The molecule has 0 bridgehead atoms. The van der Waals surface area contributed by atoms with Crippen molar-refractivity contribution in [2.24, 2.45) is 0 Å². The number of methoxy groups -OCH3 is 1. The minimum Gasteiger partial charge on any atom is -0.545 e. The van der Waals surface area contributed by atoms with Gasteiger partial charge in [-0.05, 0) is 19.9 Å². The summed E-state index contributed by atoms with van der Waals surface area (Å²) in [6.07, 6.45) is 1.86. The molecule has 0 amide bonds. The smallest absolute Gasteiger partial charge is 0.545 e. The topological polar surface area (TPSA) is 92.7 Å². The molecule has 0 unspecified atom stereocenters. The first-order valence-corrected chi connectivity index (χ1v) is 5.13. The van der Waals surface area contributed by atoms with Gasteiger partial charge < -0.3 is 19.4 Å². The van der Waals surface area contributed by atoms with Gasteiger partial charge in [0, 0.05) is 11.6 Å². The fourth-order valence-electron chi connectivity index (χ4n) is 0.375. The van der Waals surface area contributed by atoms with E-state index in [9.17, 15) is 9.59 Å². The first-order chi connectivity index (χ1) is 8.76. The fourth-order valence-corrected chi connectivity index (χ4v) is 0.375. The van der Waals surface area contributed by atoms with Gasteiger partial charge in [-0.3, -0.25) is 0 Å². The Balaban J connectivity index is -0.0000000952. The Morgan fingerprint density at radius 3 is 1.65 bits per heavy atom. The number of carboxylic acid groups (broad SMARTS) is 1. The quantitative estimate of drug-likeness (QED) is 0.321. The van der Waals surface area contributed by atoms with Crippen molar-refractivity contribution in [3.63, 3.8) is 0 Å². The Morgan fingerprint density at radius 1 is 1.20 bits per heavy atom. The molecule has 0 aromatic heterocycles. The fraction of sp³-hybridized carbons (Fsp3) is 0.308. The van der Waals surface area contributed by atoms with Crippen molar-refractivity contribution in [3.8, 4) is 0 Å². The number of aliphatic carboxylic acids is 1. The molecule has 0 heterocycles. The van der Waals surface area contributed by atoms with Gasteiger partial charge in [0.25, 0.3) is 0 Å². The molecule has 0 aliphatic rings. The number of carboxylic acids is 1.